The maximum atomic E-state index is 11.6. The lowest BCUT2D eigenvalue weighted by molar-refractivity contribution is 0.169. The second kappa shape index (κ2) is 11.3. The van der Waals surface area contributed by atoms with E-state index in [1.54, 1.807) is 18.2 Å². The molecule has 0 spiro atoms. The first-order valence-corrected chi connectivity index (χ1v) is 14.4. The Morgan fingerprint density at radius 3 is 2.61 bits per heavy atom. The lowest BCUT2D eigenvalue weighted by Crippen LogP contribution is -2.35. The van der Waals surface area contributed by atoms with Crippen molar-refractivity contribution in [3.8, 4) is 17.2 Å². The van der Waals surface area contributed by atoms with Crippen LogP contribution in [0.5, 0.6) is 17.2 Å². The lowest BCUT2D eigenvalue weighted by Gasteiger charge is -2.32. The highest BCUT2D eigenvalue weighted by Crippen LogP contribution is 2.48. The Kier molecular flexibility index (Phi) is 7.88. The molecule has 7 heteroatoms. The van der Waals surface area contributed by atoms with Crippen molar-refractivity contribution in [3.63, 3.8) is 0 Å². The number of aromatic hydroxyl groups is 1. The molecule has 0 saturated carbocycles. The third kappa shape index (κ3) is 5.65. The maximum absolute atomic E-state index is 11.6. The van der Waals surface area contributed by atoms with Gasteiger partial charge in [-0.25, -0.2) is 0 Å². The molecule has 0 aromatic heterocycles. The first kappa shape index (κ1) is 26.5. The Bertz CT molecular complexity index is 1350. The second-order valence-corrected chi connectivity index (χ2v) is 11.3. The molecule has 1 fully saturated rings. The van der Waals surface area contributed by atoms with E-state index in [1.165, 1.54) is 6.42 Å². The first-order valence-electron chi connectivity index (χ1n) is 13.1. The fourth-order valence-corrected chi connectivity index (χ4v) is 5.99. The normalized spacial score (nSPS) is 21.1. The van der Waals surface area contributed by atoms with E-state index in [-0.39, 0.29) is 11.5 Å². The number of rotatable bonds is 8. The molecule has 0 aliphatic carbocycles. The highest BCUT2D eigenvalue weighted by Gasteiger charge is 2.31. The SMILES string of the molecule is CC1=C(c2ccccc2CS(=O)[O-])C(c2ccc(OC[C@H](C)N3CC[C@@H](C)C3)cc2)Oc2ccc(O)cc21. The van der Waals surface area contributed by atoms with Gasteiger partial charge in [0.2, 0.25) is 0 Å². The minimum atomic E-state index is -2.23. The van der Waals surface area contributed by atoms with E-state index >= 15 is 0 Å². The van der Waals surface area contributed by atoms with Gasteiger partial charge in [0.1, 0.15) is 30.0 Å². The molecule has 4 atom stereocenters. The van der Waals surface area contributed by atoms with Crippen molar-refractivity contribution in [2.75, 3.05) is 19.7 Å². The van der Waals surface area contributed by atoms with Gasteiger partial charge in [0, 0.05) is 29.5 Å². The Balaban J connectivity index is 1.45. The second-order valence-electron chi connectivity index (χ2n) is 10.4. The quantitative estimate of drug-likeness (QED) is 0.361. The molecular formula is C31H34NO5S-. The van der Waals surface area contributed by atoms with Crippen molar-refractivity contribution in [2.45, 2.75) is 45.1 Å². The van der Waals surface area contributed by atoms with Crippen LogP contribution in [-0.2, 0) is 16.8 Å². The number of allylic oxidation sites excluding steroid dienone is 1. The van der Waals surface area contributed by atoms with Gasteiger partial charge in [-0.05, 0) is 85.3 Å². The molecule has 3 aromatic carbocycles. The number of benzene rings is 3. The molecule has 2 heterocycles. The van der Waals surface area contributed by atoms with Gasteiger partial charge in [-0.2, -0.15) is 0 Å². The monoisotopic (exact) mass is 532 g/mol. The van der Waals surface area contributed by atoms with E-state index in [4.69, 9.17) is 9.47 Å². The average molecular weight is 533 g/mol. The van der Waals surface area contributed by atoms with Crippen LogP contribution < -0.4 is 9.47 Å². The van der Waals surface area contributed by atoms with Crippen molar-refractivity contribution < 1.29 is 23.3 Å². The molecule has 0 amide bonds. The number of hydrogen-bond donors (Lipinski definition) is 1. The summed E-state index contributed by atoms with van der Waals surface area (Å²) in [6, 6.07) is 20.9. The lowest BCUT2D eigenvalue weighted by atomic mass is 9.84. The van der Waals surface area contributed by atoms with Crippen LogP contribution in [0, 0.1) is 5.92 Å². The summed E-state index contributed by atoms with van der Waals surface area (Å²) in [5.41, 5.74) is 5.07. The number of phenols is 1. The molecule has 200 valence electrons. The van der Waals surface area contributed by atoms with Crippen molar-refractivity contribution in [1.29, 1.82) is 0 Å². The largest absolute Gasteiger partial charge is 0.772 e. The van der Waals surface area contributed by atoms with E-state index in [9.17, 15) is 13.9 Å². The maximum Gasteiger partial charge on any atom is 0.150 e. The van der Waals surface area contributed by atoms with Gasteiger partial charge >= 0.3 is 0 Å². The summed E-state index contributed by atoms with van der Waals surface area (Å²) >= 11 is -2.23. The Labute approximate surface area is 227 Å². The van der Waals surface area contributed by atoms with E-state index in [1.807, 2.05) is 55.5 Å². The summed E-state index contributed by atoms with van der Waals surface area (Å²) in [6.45, 7) is 9.38. The Morgan fingerprint density at radius 1 is 1.13 bits per heavy atom. The third-order valence-electron chi connectivity index (χ3n) is 7.61. The van der Waals surface area contributed by atoms with Gasteiger partial charge < -0.3 is 19.1 Å². The van der Waals surface area contributed by atoms with Crippen LogP contribution >= 0.6 is 0 Å². The van der Waals surface area contributed by atoms with Crippen LogP contribution in [0.25, 0.3) is 11.1 Å². The molecule has 0 bridgehead atoms. The first-order chi connectivity index (χ1) is 18.3. The van der Waals surface area contributed by atoms with Crippen LogP contribution in [0.2, 0.25) is 0 Å². The van der Waals surface area contributed by atoms with Crippen molar-refractivity contribution in [2.24, 2.45) is 5.92 Å². The smallest absolute Gasteiger partial charge is 0.150 e. The fraction of sp³-hybridized carbons (Fsp3) is 0.355. The van der Waals surface area contributed by atoms with Crippen molar-refractivity contribution in [3.05, 3.63) is 89.0 Å². The number of likely N-dealkylation sites (tertiary alicyclic amines) is 1. The highest BCUT2D eigenvalue weighted by molar-refractivity contribution is 7.78. The third-order valence-corrected chi connectivity index (χ3v) is 8.16. The molecule has 2 aliphatic rings. The van der Waals surface area contributed by atoms with E-state index in [0.29, 0.717) is 24.0 Å². The number of hydrogen-bond acceptors (Lipinski definition) is 6. The summed E-state index contributed by atoms with van der Waals surface area (Å²) in [7, 11) is 0. The molecule has 38 heavy (non-hydrogen) atoms. The van der Waals surface area contributed by atoms with Crippen LogP contribution in [0.4, 0.5) is 0 Å². The molecular weight excluding hydrogens is 498 g/mol. The summed E-state index contributed by atoms with van der Waals surface area (Å²) in [6.07, 6.45) is 0.791. The predicted molar refractivity (Wildman–Crippen MR) is 150 cm³/mol. The number of ether oxygens (including phenoxy) is 2. The van der Waals surface area contributed by atoms with Gasteiger partial charge in [-0.15, -0.1) is 0 Å². The number of phenolic OH excluding ortho intramolecular Hbond substituents is 1. The molecule has 2 aliphatic heterocycles. The molecule has 3 aromatic rings. The van der Waals surface area contributed by atoms with Crippen molar-refractivity contribution in [1.82, 2.24) is 4.90 Å². The fourth-order valence-electron chi connectivity index (χ4n) is 5.49. The molecule has 6 nitrogen and oxygen atoms in total. The van der Waals surface area contributed by atoms with Gasteiger partial charge in [-0.1, -0.05) is 54.4 Å². The van der Waals surface area contributed by atoms with Gasteiger partial charge in [-0.3, -0.25) is 9.11 Å². The minimum Gasteiger partial charge on any atom is -0.772 e. The molecule has 0 radical (unpaired) electrons. The van der Waals surface area contributed by atoms with Crippen LogP contribution in [0.1, 0.15) is 55.5 Å². The molecule has 2 unspecified atom stereocenters. The summed E-state index contributed by atoms with van der Waals surface area (Å²) in [5.74, 6) is 2.28. The molecule has 5 rings (SSSR count). The number of fused-ring (bicyclic) bond motifs is 1. The average Bonchev–Trinajstić information content (AvgIpc) is 3.34. The summed E-state index contributed by atoms with van der Waals surface area (Å²) in [4.78, 5) is 2.48. The van der Waals surface area contributed by atoms with Crippen molar-refractivity contribution >= 4 is 22.2 Å². The molecule has 1 N–H and O–H groups in total. The topological polar surface area (TPSA) is 82.1 Å². The van der Waals surface area contributed by atoms with Gasteiger partial charge in [0.05, 0.1) is 0 Å². The standard InChI is InChI=1S/C31H35NO5S/c1-20-14-15-32(17-20)21(2)18-36-26-11-8-23(9-12-26)31-30(27-7-5-4-6-24(27)19-38(34)35)22(3)28-16-25(33)10-13-29(28)37-31/h4-13,16,20-21,31,33H,14-15,17-19H2,1-3H3,(H,34,35)/p-1/t20-,21+,31?/m1/s1. The summed E-state index contributed by atoms with van der Waals surface area (Å²) in [5, 5.41) is 10.1. The zero-order valence-corrected chi connectivity index (χ0v) is 22.9. The Morgan fingerprint density at radius 2 is 1.89 bits per heavy atom. The Hall–Kier alpha value is -3.13. The van der Waals surface area contributed by atoms with Crippen LogP contribution in [-0.4, -0.2) is 44.5 Å². The summed E-state index contributed by atoms with van der Waals surface area (Å²) < 4.78 is 35.9. The zero-order chi connectivity index (χ0) is 26.8. The van der Waals surface area contributed by atoms with Gasteiger partial charge in [0.15, 0.2) is 0 Å². The van der Waals surface area contributed by atoms with E-state index in [2.05, 4.69) is 18.7 Å². The van der Waals surface area contributed by atoms with Gasteiger partial charge in [0.25, 0.3) is 0 Å². The highest BCUT2D eigenvalue weighted by atomic mass is 32.2. The van der Waals surface area contributed by atoms with E-state index < -0.39 is 17.2 Å². The molecule has 1 saturated heterocycles. The van der Waals surface area contributed by atoms with Crippen LogP contribution in [0.15, 0.2) is 66.7 Å². The minimum absolute atomic E-state index is 0.0900. The number of nitrogens with zero attached hydrogens (tertiary/aromatic N) is 1. The zero-order valence-electron chi connectivity index (χ0n) is 22.1. The van der Waals surface area contributed by atoms with Crippen LogP contribution in [0.3, 0.4) is 0 Å². The van der Waals surface area contributed by atoms with E-state index in [0.717, 1.165) is 52.6 Å². The predicted octanol–water partition coefficient (Wildman–Crippen LogP) is 5.94.